The van der Waals surface area contributed by atoms with Gasteiger partial charge in [0.15, 0.2) is 0 Å². The molecule has 2 saturated heterocycles. The molecule has 0 unspecified atom stereocenters. The summed E-state index contributed by atoms with van der Waals surface area (Å²) in [5, 5.41) is 0. The number of carbonyl (C=O) groups excluding carboxylic acids is 2. The van der Waals surface area contributed by atoms with Crippen LogP contribution in [0.4, 0.5) is 0 Å². The minimum Gasteiger partial charge on any atom is -0.340 e. The first-order valence-electron chi connectivity index (χ1n) is 19.1. The number of likely N-dealkylation sites (tertiary alicyclic amines) is 2. The van der Waals surface area contributed by atoms with E-state index >= 15 is 0 Å². The average Bonchev–Trinajstić information content (AvgIpc) is 4.02. The molecule has 4 heterocycles. The Labute approximate surface area is 306 Å². The zero-order chi connectivity index (χ0) is 35.6. The zero-order valence-corrected chi connectivity index (χ0v) is 30.3. The number of benzene rings is 3. The first-order chi connectivity index (χ1) is 25.4. The van der Waals surface area contributed by atoms with Crippen LogP contribution >= 0.6 is 0 Å². The highest BCUT2D eigenvalue weighted by Gasteiger charge is 2.38. The van der Waals surface area contributed by atoms with Gasteiger partial charge in [-0.3, -0.25) is 14.5 Å². The Kier molecular flexibility index (Phi) is 9.78. The Morgan fingerprint density at radius 2 is 1.13 bits per heavy atom. The molecular formula is C43H49N7O2. The van der Waals surface area contributed by atoms with E-state index in [-0.39, 0.29) is 30.0 Å². The van der Waals surface area contributed by atoms with E-state index in [1.807, 2.05) is 66.6 Å². The quantitative estimate of drug-likeness (QED) is 0.162. The molecule has 268 valence electrons. The second-order valence-electron chi connectivity index (χ2n) is 15.0. The van der Waals surface area contributed by atoms with Crippen molar-refractivity contribution in [1.82, 2.24) is 34.6 Å². The standard InChI is InChI=1S/C43H49N7O2/c1-48(2)39(33-11-5-3-6-12-33)43(52)50-26-10-16-38(50)41-45-28-36(47-41)32-23-19-30(20-24-32)29-17-21-31(22-18-29)35-27-44-40(46-35)37-15-9-25-49(37)42(51)34-13-7-4-8-14-34/h3,5-6,11-12,17-24,27-28,34,37-39H,4,7-10,13-16,25-26H2,1-2H3,(H,44,46)(H,45,47)/t37-,38-,39+/m0/s1. The van der Waals surface area contributed by atoms with E-state index in [2.05, 4.69) is 63.4 Å². The number of hydrogen-bond acceptors (Lipinski definition) is 5. The largest absolute Gasteiger partial charge is 0.340 e. The minimum atomic E-state index is -0.333. The molecule has 3 aromatic carbocycles. The molecule has 8 rings (SSSR count). The van der Waals surface area contributed by atoms with E-state index in [0.717, 1.165) is 102 Å². The van der Waals surface area contributed by atoms with Gasteiger partial charge in [-0.2, -0.15) is 0 Å². The van der Waals surface area contributed by atoms with Gasteiger partial charge in [-0.1, -0.05) is 98.1 Å². The smallest absolute Gasteiger partial charge is 0.245 e. The Morgan fingerprint density at radius 3 is 1.67 bits per heavy atom. The highest BCUT2D eigenvalue weighted by atomic mass is 16.2. The van der Waals surface area contributed by atoms with Gasteiger partial charge >= 0.3 is 0 Å². The summed E-state index contributed by atoms with van der Waals surface area (Å²) in [5.74, 6) is 2.36. The number of aromatic nitrogens is 4. The number of hydrogen-bond donors (Lipinski definition) is 2. The summed E-state index contributed by atoms with van der Waals surface area (Å²) in [5.41, 5.74) is 7.32. The molecule has 3 fully saturated rings. The number of amides is 2. The molecule has 5 aromatic rings. The lowest BCUT2D eigenvalue weighted by Crippen LogP contribution is -2.40. The number of likely N-dealkylation sites (N-methyl/N-ethyl adjacent to an activating group) is 1. The van der Waals surface area contributed by atoms with Crippen molar-refractivity contribution in [2.24, 2.45) is 5.92 Å². The fourth-order valence-corrected chi connectivity index (χ4v) is 8.66. The molecular weight excluding hydrogens is 647 g/mol. The third-order valence-electron chi connectivity index (χ3n) is 11.4. The number of nitrogens with one attached hydrogen (secondary N) is 2. The predicted molar refractivity (Wildman–Crippen MR) is 204 cm³/mol. The van der Waals surface area contributed by atoms with Crippen molar-refractivity contribution in [2.75, 3.05) is 27.2 Å². The maximum Gasteiger partial charge on any atom is 0.245 e. The van der Waals surface area contributed by atoms with E-state index in [4.69, 9.17) is 9.97 Å². The third-order valence-corrected chi connectivity index (χ3v) is 11.4. The highest BCUT2D eigenvalue weighted by Crippen LogP contribution is 2.37. The van der Waals surface area contributed by atoms with Crippen LogP contribution in [0.5, 0.6) is 0 Å². The first kappa shape index (κ1) is 34.1. The highest BCUT2D eigenvalue weighted by molar-refractivity contribution is 5.84. The molecule has 52 heavy (non-hydrogen) atoms. The van der Waals surface area contributed by atoms with Gasteiger partial charge < -0.3 is 19.8 Å². The van der Waals surface area contributed by atoms with Crippen LogP contribution in [0.2, 0.25) is 0 Å². The van der Waals surface area contributed by atoms with Crippen molar-refractivity contribution in [1.29, 1.82) is 0 Å². The van der Waals surface area contributed by atoms with Crippen LogP contribution in [0, 0.1) is 5.92 Å². The second kappa shape index (κ2) is 14.9. The molecule has 1 saturated carbocycles. The Bertz CT molecular complexity index is 1980. The van der Waals surface area contributed by atoms with Crippen molar-refractivity contribution in [2.45, 2.75) is 75.9 Å². The maximum absolute atomic E-state index is 13.9. The Balaban J connectivity index is 0.925. The molecule has 3 atom stereocenters. The van der Waals surface area contributed by atoms with Crippen LogP contribution in [-0.2, 0) is 9.59 Å². The Morgan fingerprint density at radius 1 is 0.635 bits per heavy atom. The number of nitrogens with zero attached hydrogens (tertiary/aromatic N) is 5. The summed E-state index contributed by atoms with van der Waals surface area (Å²) in [6, 6.07) is 26.7. The molecule has 2 N–H and O–H groups in total. The number of H-pyrrole nitrogens is 2. The molecule has 0 radical (unpaired) electrons. The number of carbonyl (C=O) groups is 2. The van der Waals surface area contributed by atoms with Crippen LogP contribution in [-0.4, -0.2) is 73.6 Å². The van der Waals surface area contributed by atoms with Gasteiger partial charge in [0.1, 0.15) is 17.7 Å². The lowest BCUT2D eigenvalue weighted by atomic mass is 9.88. The van der Waals surface area contributed by atoms with Crippen molar-refractivity contribution in [3.05, 3.63) is 108 Å². The van der Waals surface area contributed by atoms with E-state index in [1.54, 1.807) is 0 Å². The molecule has 2 amide bonds. The van der Waals surface area contributed by atoms with Gasteiger partial charge in [-0.05, 0) is 80.4 Å². The van der Waals surface area contributed by atoms with Gasteiger partial charge in [0.05, 0.1) is 35.9 Å². The minimum absolute atomic E-state index is 0.0431. The summed E-state index contributed by atoms with van der Waals surface area (Å²) < 4.78 is 0. The van der Waals surface area contributed by atoms with Crippen LogP contribution in [0.25, 0.3) is 33.6 Å². The maximum atomic E-state index is 13.9. The van der Waals surface area contributed by atoms with Crippen LogP contribution < -0.4 is 0 Å². The third kappa shape index (κ3) is 6.82. The van der Waals surface area contributed by atoms with E-state index < -0.39 is 0 Å². The molecule has 3 aliphatic rings. The molecule has 1 aliphatic carbocycles. The monoisotopic (exact) mass is 695 g/mol. The van der Waals surface area contributed by atoms with Gasteiger partial charge in [-0.25, -0.2) is 9.97 Å². The molecule has 2 aromatic heterocycles. The molecule has 9 heteroatoms. The lowest BCUT2D eigenvalue weighted by molar-refractivity contribution is -0.138. The second-order valence-corrected chi connectivity index (χ2v) is 15.0. The van der Waals surface area contributed by atoms with Crippen molar-refractivity contribution in [3.63, 3.8) is 0 Å². The molecule has 0 spiro atoms. The SMILES string of the molecule is CN(C)[C@@H](C(=O)N1CCC[C@H]1c1ncc(-c2ccc(-c3ccc(-c4cnc([C@@H]5CCCN5C(=O)C5CCCCC5)[nH]4)cc3)cc2)[nH]1)c1ccccc1. The summed E-state index contributed by atoms with van der Waals surface area (Å²) in [6.45, 7) is 1.56. The van der Waals surface area contributed by atoms with Gasteiger partial charge in [0, 0.05) is 19.0 Å². The molecule has 2 aliphatic heterocycles. The zero-order valence-electron chi connectivity index (χ0n) is 30.3. The molecule has 0 bridgehead atoms. The number of imidazole rings is 2. The molecule has 9 nitrogen and oxygen atoms in total. The van der Waals surface area contributed by atoms with Crippen molar-refractivity contribution < 1.29 is 9.59 Å². The summed E-state index contributed by atoms with van der Waals surface area (Å²) in [7, 11) is 3.93. The van der Waals surface area contributed by atoms with Gasteiger partial charge in [0.25, 0.3) is 0 Å². The predicted octanol–water partition coefficient (Wildman–Crippen LogP) is 8.34. The van der Waals surface area contributed by atoms with Crippen LogP contribution in [0.15, 0.2) is 91.3 Å². The van der Waals surface area contributed by atoms with Crippen LogP contribution in [0.1, 0.15) is 93.1 Å². The number of aromatic amines is 2. The summed E-state index contributed by atoms with van der Waals surface area (Å²) >= 11 is 0. The lowest BCUT2D eigenvalue weighted by Gasteiger charge is -2.31. The van der Waals surface area contributed by atoms with Crippen LogP contribution in [0.3, 0.4) is 0 Å². The van der Waals surface area contributed by atoms with Gasteiger partial charge in [-0.15, -0.1) is 0 Å². The summed E-state index contributed by atoms with van der Waals surface area (Å²) in [6.07, 6.45) is 13.3. The van der Waals surface area contributed by atoms with E-state index in [0.29, 0.717) is 5.91 Å². The van der Waals surface area contributed by atoms with Crippen molar-refractivity contribution in [3.8, 4) is 33.6 Å². The summed E-state index contributed by atoms with van der Waals surface area (Å²) in [4.78, 5) is 50.0. The number of rotatable bonds is 9. The first-order valence-corrected chi connectivity index (χ1v) is 19.1. The van der Waals surface area contributed by atoms with E-state index in [9.17, 15) is 9.59 Å². The Hall–Kier alpha value is -5.02. The van der Waals surface area contributed by atoms with E-state index in [1.165, 1.54) is 19.3 Å². The fourth-order valence-electron chi connectivity index (χ4n) is 8.66. The topological polar surface area (TPSA) is 101 Å². The normalized spacial score (nSPS) is 20.1. The van der Waals surface area contributed by atoms with Crippen molar-refractivity contribution >= 4 is 11.8 Å². The fraction of sp³-hybridized carbons (Fsp3) is 0.395. The average molecular weight is 696 g/mol. The van der Waals surface area contributed by atoms with Gasteiger partial charge in [0.2, 0.25) is 11.8 Å².